The van der Waals surface area contributed by atoms with Crippen molar-refractivity contribution in [3.05, 3.63) is 155 Å². The number of rotatable bonds is 8. The Kier molecular flexibility index (Phi) is 7.43. The van der Waals surface area contributed by atoms with Crippen molar-refractivity contribution < 1.29 is 27.9 Å². The van der Waals surface area contributed by atoms with Crippen molar-refractivity contribution in [2.45, 2.75) is 31.1 Å². The number of alkyl halides is 3. The minimum absolute atomic E-state index is 0.163. The van der Waals surface area contributed by atoms with E-state index in [0.29, 0.717) is 41.6 Å². The van der Waals surface area contributed by atoms with Gasteiger partial charge in [0.15, 0.2) is 0 Å². The number of fused-ring (bicyclic) bond motifs is 1. The Balaban J connectivity index is 1.26. The quantitative estimate of drug-likeness (QED) is 0.176. The number of carbonyl (C=O) groups is 2. The van der Waals surface area contributed by atoms with Crippen LogP contribution in [0.3, 0.4) is 0 Å². The fraction of sp³-hybridized carbons (Fsp3) is 0.128. The van der Waals surface area contributed by atoms with Crippen LogP contribution < -0.4 is 5.32 Å². The molecule has 1 amide bonds. The summed E-state index contributed by atoms with van der Waals surface area (Å²) in [5, 5.41) is 13.3. The third-order valence-electron chi connectivity index (χ3n) is 8.85. The van der Waals surface area contributed by atoms with Gasteiger partial charge in [0.25, 0.3) is 5.91 Å². The van der Waals surface area contributed by atoms with Crippen LogP contribution in [-0.2, 0) is 18.3 Å². The maximum atomic E-state index is 14.2. The molecule has 8 heteroatoms. The molecule has 5 nitrogen and oxygen atoms in total. The van der Waals surface area contributed by atoms with Gasteiger partial charge in [-0.25, -0.2) is 4.79 Å². The average Bonchev–Trinajstić information content (AvgIpc) is 3.76. The van der Waals surface area contributed by atoms with Gasteiger partial charge in [-0.1, -0.05) is 78.9 Å². The normalized spacial score (nSPS) is 13.8. The summed E-state index contributed by atoms with van der Waals surface area (Å²) in [6.07, 6.45) is -1.14. The average molecular weight is 631 g/mol. The number of carbonyl (C=O) groups excluding carboxylic acids is 1. The van der Waals surface area contributed by atoms with Gasteiger partial charge >= 0.3 is 12.1 Å². The third kappa shape index (κ3) is 6.02. The Hall–Kier alpha value is -5.63. The molecule has 0 radical (unpaired) electrons. The number of nitrogens with zero attached hydrogens (tertiary/aromatic N) is 1. The topological polar surface area (TPSA) is 71.3 Å². The summed E-state index contributed by atoms with van der Waals surface area (Å²) < 4.78 is 41.8. The van der Waals surface area contributed by atoms with Crippen molar-refractivity contribution in [3.8, 4) is 22.3 Å². The minimum Gasteiger partial charge on any atom is -0.478 e. The molecule has 7 rings (SSSR count). The summed E-state index contributed by atoms with van der Waals surface area (Å²) in [5.74, 6) is -1.34. The van der Waals surface area contributed by atoms with Gasteiger partial charge in [-0.3, -0.25) is 4.79 Å². The van der Waals surface area contributed by atoms with Gasteiger partial charge in [0.05, 0.1) is 27.7 Å². The van der Waals surface area contributed by atoms with Gasteiger partial charge in [0.1, 0.15) is 0 Å². The fourth-order valence-corrected chi connectivity index (χ4v) is 6.13. The summed E-state index contributed by atoms with van der Waals surface area (Å²) in [4.78, 5) is 25.5. The van der Waals surface area contributed by atoms with Gasteiger partial charge < -0.3 is 15.0 Å². The second kappa shape index (κ2) is 11.6. The van der Waals surface area contributed by atoms with Gasteiger partial charge in [-0.15, -0.1) is 0 Å². The SMILES string of the molecule is O=C(O)c1ccc(C2(NC(=O)c3cc(-c4ccc(C(F)(F)F)cc4)cc4ccn(Cc5ccc(-c6ccccc6)cc5)c34)CC2)cc1. The van der Waals surface area contributed by atoms with Crippen LogP contribution in [0.25, 0.3) is 33.2 Å². The highest BCUT2D eigenvalue weighted by Crippen LogP contribution is 2.46. The van der Waals surface area contributed by atoms with Crippen LogP contribution in [0.1, 0.15) is 50.2 Å². The van der Waals surface area contributed by atoms with E-state index < -0.39 is 23.2 Å². The summed E-state index contributed by atoms with van der Waals surface area (Å²) in [7, 11) is 0. The molecule has 2 N–H and O–H groups in total. The molecule has 1 aliphatic carbocycles. The number of hydrogen-bond donors (Lipinski definition) is 2. The maximum absolute atomic E-state index is 14.2. The number of hydrogen-bond acceptors (Lipinski definition) is 2. The van der Waals surface area contributed by atoms with E-state index in [2.05, 4.69) is 41.7 Å². The second-order valence-electron chi connectivity index (χ2n) is 12.0. The first-order chi connectivity index (χ1) is 22.6. The van der Waals surface area contributed by atoms with Gasteiger partial charge in [0.2, 0.25) is 0 Å². The lowest BCUT2D eigenvalue weighted by Crippen LogP contribution is -2.35. The first-order valence-corrected chi connectivity index (χ1v) is 15.2. The molecule has 1 fully saturated rings. The lowest BCUT2D eigenvalue weighted by atomic mass is 9.97. The Morgan fingerprint density at radius 2 is 1.36 bits per heavy atom. The molecule has 5 aromatic carbocycles. The highest BCUT2D eigenvalue weighted by molar-refractivity contribution is 6.08. The monoisotopic (exact) mass is 630 g/mol. The molecule has 0 atom stereocenters. The van der Waals surface area contributed by atoms with Gasteiger partial charge in [-0.05, 0) is 88.7 Å². The van der Waals surface area contributed by atoms with Crippen LogP contribution in [0.2, 0.25) is 0 Å². The fourth-order valence-electron chi connectivity index (χ4n) is 6.13. The van der Waals surface area contributed by atoms with Gasteiger partial charge in [0, 0.05) is 18.1 Å². The minimum atomic E-state index is -4.45. The van der Waals surface area contributed by atoms with Crippen LogP contribution >= 0.6 is 0 Å². The van der Waals surface area contributed by atoms with E-state index in [9.17, 15) is 27.9 Å². The predicted molar refractivity (Wildman–Crippen MR) is 175 cm³/mol. The lowest BCUT2D eigenvalue weighted by Gasteiger charge is -2.20. The smallest absolute Gasteiger partial charge is 0.416 e. The number of carboxylic acids is 1. The van der Waals surface area contributed by atoms with Crippen LogP contribution in [0.4, 0.5) is 13.2 Å². The zero-order chi connectivity index (χ0) is 32.8. The van der Waals surface area contributed by atoms with Gasteiger partial charge in [-0.2, -0.15) is 13.2 Å². The molecular weight excluding hydrogens is 601 g/mol. The summed E-state index contributed by atoms with van der Waals surface area (Å²) in [6.45, 7) is 0.500. The summed E-state index contributed by atoms with van der Waals surface area (Å²) in [6, 6.07) is 35.3. The molecule has 47 heavy (non-hydrogen) atoms. The second-order valence-corrected chi connectivity index (χ2v) is 12.0. The predicted octanol–water partition coefficient (Wildman–Crippen LogP) is 9.16. The van der Waals surface area contributed by atoms with E-state index >= 15 is 0 Å². The highest BCUT2D eigenvalue weighted by Gasteiger charge is 2.46. The van der Waals surface area contributed by atoms with Crippen molar-refractivity contribution >= 4 is 22.8 Å². The molecule has 1 aliphatic rings. The van der Waals surface area contributed by atoms with E-state index in [-0.39, 0.29) is 11.5 Å². The number of carboxylic acid groups (broad SMARTS) is 1. The summed E-state index contributed by atoms with van der Waals surface area (Å²) in [5.41, 5.74) is 5.16. The third-order valence-corrected chi connectivity index (χ3v) is 8.85. The van der Waals surface area contributed by atoms with E-state index in [1.165, 1.54) is 24.3 Å². The largest absolute Gasteiger partial charge is 0.478 e. The number of aromatic nitrogens is 1. The van der Waals surface area contributed by atoms with E-state index in [1.807, 2.05) is 41.1 Å². The van der Waals surface area contributed by atoms with Crippen molar-refractivity contribution in [1.82, 2.24) is 9.88 Å². The molecule has 0 saturated heterocycles. The van der Waals surface area contributed by atoms with E-state index in [4.69, 9.17) is 0 Å². The molecule has 0 bridgehead atoms. The molecular formula is C39H29F3N2O3. The zero-order valence-corrected chi connectivity index (χ0v) is 25.1. The molecule has 0 unspecified atom stereocenters. The molecule has 234 valence electrons. The molecule has 0 spiro atoms. The Labute approximate surface area is 268 Å². The highest BCUT2D eigenvalue weighted by atomic mass is 19.4. The van der Waals surface area contributed by atoms with Crippen LogP contribution in [0, 0.1) is 0 Å². The Bertz CT molecular complexity index is 2100. The molecule has 6 aromatic rings. The zero-order valence-electron chi connectivity index (χ0n) is 25.1. The first-order valence-electron chi connectivity index (χ1n) is 15.2. The number of halogens is 3. The van der Waals surface area contributed by atoms with Crippen molar-refractivity contribution in [1.29, 1.82) is 0 Å². The number of aromatic carboxylic acids is 1. The van der Waals surface area contributed by atoms with Crippen molar-refractivity contribution in [2.24, 2.45) is 0 Å². The van der Waals surface area contributed by atoms with E-state index in [1.54, 1.807) is 18.2 Å². The molecule has 1 aromatic heterocycles. The summed E-state index contributed by atoms with van der Waals surface area (Å²) >= 11 is 0. The molecule has 0 aliphatic heterocycles. The van der Waals surface area contributed by atoms with E-state index in [0.717, 1.165) is 39.8 Å². The number of nitrogens with one attached hydrogen (secondary N) is 1. The standard InChI is InChI=1S/C39H29F3N2O3/c40-39(41,42)33-16-10-28(11-17-33)31-22-30-18-21-44(24-25-6-8-27(9-7-25)26-4-2-1-3-5-26)35(30)34(23-31)36(45)43-38(19-20-38)32-14-12-29(13-15-32)37(46)47/h1-18,21-23H,19-20,24H2,(H,43,45)(H,46,47). The Morgan fingerprint density at radius 3 is 1.98 bits per heavy atom. The Morgan fingerprint density at radius 1 is 0.745 bits per heavy atom. The lowest BCUT2D eigenvalue weighted by molar-refractivity contribution is -0.137. The first kappa shape index (κ1) is 30.0. The molecule has 1 saturated carbocycles. The van der Waals surface area contributed by atoms with Crippen molar-refractivity contribution in [2.75, 3.05) is 0 Å². The number of benzene rings is 5. The maximum Gasteiger partial charge on any atom is 0.416 e. The molecule has 1 heterocycles. The van der Waals surface area contributed by atoms with Crippen LogP contribution in [-0.4, -0.2) is 21.6 Å². The van der Waals surface area contributed by atoms with Crippen LogP contribution in [0.15, 0.2) is 128 Å². The van der Waals surface area contributed by atoms with Crippen molar-refractivity contribution in [3.63, 3.8) is 0 Å². The number of amides is 1. The van der Waals surface area contributed by atoms with Crippen LogP contribution in [0.5, 0.6) is 0 Å².